The van der Waals surface area contributed by atoms with E-state index in [1.165, 1.54) is 48.5 Å². The smallest absolute Gasteiger partial charge is 0.191 e. The van der Waals surface area contributed by atoms with E-state index >= 15 is 0 Å². The third-order valence-electron chi connectivity index (χ3n) is 4.14. The van der Waals surface area contributed by atoms with Gasteiger partial charge in [0.2, 0.25) is 0 Å². The lowest BCUT2D eigenvalue weighted by molar-refractivity contribution is 0.289. The first-order chi connectivity index (χ1) is 10.8. The Bertz CT molecular complexity index is 453. The maximum absolute atomic E-state index is 4.31. The van der Waals surface area contributed by atoms with Gasteiger partial charge in [-0.2, -0.15) is 0 Å². The number of hydrogen-bond acceptors (Lipinski definition) is 3. The fraction of sp³-hybridized carbons (Fsp3) is 0.706. The lowest BCUT2D eigenvalue weighted by Gasteiger charge is -2.20. The van der Waals surface area contributed by atoms with Gasteiger partial charge in [-0.15, -0.1) is 35.3 Å². The Morgan fingerprint density at radius 2 is 1.83 bits per heavy atom. The number of guanidine groups is 1. The molecule has 132 valence electrons. The van der Waals surface area contributed by atoms with E-state index in [9.17, 15) is 0 Å². The summed E-state index contributed by atoms with van der Waals surface area (Å²) in [5.74, 6) is 0.904. The number of rotatable bonds is 6. The zero-order valence-corrected chi connectivity index (χ0v) is 17.6. The zero-order chi connectivity index (χ0) is 15.6. The Morgan fingerprint density at radius 3 is 2.43 bits per heavy atom. The maximum atomic E-state index is 4.31. The Hall–Kier alpha value is -0.340. The number of halogens is 1. The molecule has 0 atom stereocenters. The molecule has 2 rings (SSSR count). The van der Waals surface area contributed by atoms with Gasteiger partial charge < -0.3 is 15.5 Å². The summed E-state index contributed by atoms with van der Waals surface area (Å²) in [5, 5.41) is 6.83. The Morgan fingerprint density at radius 1 is 1.13 bits per heavy atom. The van der Waals surface area contributed by atoms with Crippen molar-refractivity contribution in [3.63, 3.8) is 0 Å². The first kappa shape index (κ1) is 20.7. The van der Waals surface area contributed by atoms with Gasteiger partial charge in [0.25, 0.3) is 0 Å². The fourth-order valence-corrected chi connectivity index (χ4v) is 3.69. The standard InChI is InChI=1S/C17H30N4S.HI/c1-3-15-8-9-16(22-15)14-20-17(18-2)19-10-13-21-11-6-4-5-7-12-21;/h8-9H,3-7,10-14H2,1-2H3,(H2,18,19,20);1H. The molecule has 1 saturated heterocycles. The molecule has 6 heteroatoms. The Labute approximate surface area is 162 Å². The van der Waals surface area contributed by atoms with Gasteiger partial charge in [0.15, 0.2) is 5.96 Å². The lowest BCUT2D eigenvalue weighted by atomic mass is 10.2. The second-order valence-corrected chi connectivity index (χ2v) is 7.08. The predicted molar refractivity (Wildman–Crippen MR) is 112 cm³/mol. The minimum absolute atomic E-state index is 0. The van der Waals surface area contributed by atoms with E-state index in [-0.39, 0.29) is 24.0 Å². The number of aryl methyl sites for hydroxylation is 1. The highest BCUT2D eigenvalue weighted by molar-refractivity contribution is 14.0. The molecule has 0 unspecified atom stereocenters. The summed E-state index contributed by atoms with van der Waals surface area (Å²) in [6.07, 6.45) is 6.62. The van der Waals surface area contributed by atoms with Gasteiger partial charge >= 0.3 is 0 Å². The van der Waals surface area contributed by atoms with Gasteiger partial charge in [-0.05, 0) is 44.5 Å². The minimum Gasteiger partial charge on any atom is -0.355 e. The van der Waals surface area contributed by atoms with E-state index < -0.39 is 0 Å². The molecule has 0 amide bonds. The van der Waals surface area contributed by atoms with Gasteiger partial charge in [0.05, 0.1) is 6.54 Å². The number of thiophene rings is 1. The van der Waals surface area contributed by atoms with E-state index in [1.54, 1.807) is 0 Å². The Balaban J connectivity index is 0.00000264. The average molecular weight is 450 g/mol. The first-order valence-corrected chi connectivity index (χ1v) is 9.38. The van der Waals surface area contributed by atoms with Crippen LogP contribution in [0, 0.1) is 0 Å². The highest BCUT2D eigenvalue weighted by atomic mass is 127. The zero-order valence-electron chi connectivity index (χ0n) is 14.4. The monoisotopic (exact) mass is 450 g/mol. The molecule has 23 heavy (non-hydrogen) atoms. The van der Waals surface area contributed by atoms with E-state index in [1.807, 2.05) is 18.4 Å². The first-order valence-electron chi connectivity index (χ1n) is 8.56. The van der Waals surface area contributed by atoms with E-state index in [0.29, 0.717) is 0 Å². The molecule has 0 spiro atoms. The quantitative estimate of drug-likeness (QED) is 0.396. The summed E-state index contributed by atoms with van der Waals surface area (Å²) >= 11 is 1.88. The molecule has 0 bridgehead atoms. The summed E-state index contributed by atoms with van der Waals surface area (Å²) in [6, 6.07) is 4.43. The third-order valence-corrected chi connectivity index (χ3v) is 5.37. The van der Waals surface area contributed by atoms with Gasteiger partial charge in [-0.1, -0.05) is 19.8 Å². The number of hydrogen-bond donors (Lipinski definition) is 2. The van der Waals surface area contributed by atoms with E-state index in [2.05, 4.69) is 39.6 Å². The molecule has 0 aliphatic carbocycles. The van der Waals surface area contributed by atoms with Crippen LogP contribution in [0.5, 0.6) is 0 Å². The van der Waals surface area contributed by atoms with Crippen molar-refractivity contribution in [2.24, 2.45) is 4.99 Å². The summed E-state index contributed by atoms with van der Waals surface area (Å²) in [6.45, 7) is 7.63. The average Bonchev–Trinajstić information content (AvgIpc) is 2.85. The van der Waals surface area contributed by atoms with Crippen molar-refractivity contribution in [2.45, 2.75) is 45.6 Å². The molecule has 1 aromatic rings. The summed E-state index contributed by atoms with van der Waals surface area (Å²) in [4.78, 5) is 9.69. The number of aliphatic imine (C=N–C) groups is 1. The van der Waals surface area contributed by atoms with Crippen molar-refractivity contribution in [2.75, 3.05) is 33.2 Å². The topological polar surface area (TPSA) is 39.7 Å². The third kappa shape index (κ3) is 7.85. The van der Waals surface area contributed by atoms with Crippen molar-refractivity contribution < 1.29 is 0 Å². The van der Waals surface area contributed by atoms with Crippen LogP contribution < -0.4 is 10.6 Å². The van der Waals surface area contributed by atoms with Crippen LogP contribution in [0.3, 0.4) is 0 Å². The molecule has 1 aliphatic heterocycles. The van der Waals surface area contributed by atoms with Crippen LogP contribution in [0.1, 0.15) is 42.4 Å². The maximum Gasteiger partial charge on any atom is 0.191 e. The molecule has 4 nitrogen and oxygen atoms in total. The Kier molecular flexibility index (Phi) is 10.9. The van der Waals surface area contributed by atoms with Gasteiger partial charge in [0, 0.05) is 29.9 Å². The van der Waals surface area contributed by atoms with E-state index in [0.717, 1.165) is 32.0 Å². The molecular weight excluding hydrogens is 419 g/mol. The van der Waals surface area contributed by atoms with Crippen molar-refractivity contribution in [1.29, 1.82) is 0 Å². The van der Waals surface area contributed by atoms with Crippen molar-refractivity contribution in [3.05, 3.63) is 21.9 Å². The summed E-state index contributed by atoms with van der Waals surface area (Å²) in [7, 11) is 1.84. The molecule has 2 N–H and O–H groups in total. The highest BCUT2D eigenvalue weighted by Crippen LogP contribution is 2.16. The SMILES string of the molecule is CCc1ccc(CNC(=NC)NCCN2CCCCCC2)s1.I. The van der Waals surface area contributed by atoms with Crippen molar-refractivity contribution in [1.82, 2.24) is 15.5 Å². The van der Waals surface area contributed by atoms with Crippen LogP contribution >= 0.6 is 35.3 Å². The van der Waals surface area contributed by atoms with Crippen LogP contribution in [-0.4, -0.2) is 44.1 Å². The molecular formula is C17H31IN4S. The summed E-state index contributed by atoms with van der Waals surface area (Å²) in [5.41, 5.74) is 0. The second-order valence-electron chi connectivity index (χ2n) is 5.83. The van der Waals surface area contributed by atoms with Gasteiger partial charge in [-0.3, -0.25) is 4.99 Å². The van der Waals surface area contributed by atoms with Crippen LogP contribution in [0.2, 0.25) is 0 Å². The minimum atomic E-state index is 0. The molecule has 0 aromatic carbocycles. The van der Waals surface area contributed by atoms with E-state index in [4.69, 9.17) is 0 Å². The predicted octanol–water partition coefficient (Wildman–Crippen LogP) is 3.47. The van der Waals surface area contributed by atoms with Crippen molar-refractivity contribution >= 4 is 41.3 Å². The van der Waals surface area contributed by atoms with Crippen LogP contribution in [0.4, 0.5) is 0 Å². The molecule has 1 aliphatic rings. The highest BCUT2D eigenvalue weighted by Gasteiger charge is 2.08. The van der Waals surface area contributed by atoms with Gasteiger partial charge in [0.1, 0.15) is 0 Å². The molecule has 0 radical (unpaired) electrons. The van der Waals surface area contributed by atoms with Gasteiger partial charge in [-0.25, -0.2) is 0 Å². The fourth-order valence-electron chi connectivity index (χ4n) is 2.79. The summed E-state index contributed by atoms with van der Waals surface area (Å²) < 4.78 is 0. The largest absolute Gasteiger partial charge is 0.355 e. The molecule has 0 saturated carbocycles. The van der Waals surface area contributed by atoms with Crippen LogP contribution in [-0.2, 0) is 13.0 Å². The van der Waals surface area contributed by atoms with Crippen LogP contribution in [0.15, 0.2) is 17.1 Å². The molecule has 2 heterocycles. The second kappa shape index (κ2) is 12.1. The number of nitrogens with one attached hydrogen (secondary N) is 2. The number of nitrogens with zero attached hydrogens (tertiary/aromatic N) is 2. The molecule has 1 fully saturated rings. The normalized spacial score (nSPS) is 16.5. The van der Waals surface area contributed by atoms with Crippen molar-refractivity contribution in [3.8, 4) is 0 Å². The number of likely N-dealkylation sites (tertiary alicyclic amines) is 1. The van der Waals surface area contributed by atoms with Crippen LogP contribution in [0.25, 0.3) is 0 Å². The molecule has 1 aromatic heterocycles. The lowest BCUT2D eigenvalue weighted by Crippen LogP contribution is -2.41.